The van der Waals surface area contributed by atoms with Crippen LogP contribution in [0.5, 0.6) is 0 Å². The summed E-state index contributed by atoms with van der Waals surface area (Å²) in [6.07, 6.45) is 5.95. The van der Waals surface area contributed by atoms with Crippen molar-refractivity contribution in [2.75, 3.05) is 33.2 Å². The quantitative estimate of drug-likeness (QED) is 0.352. The highest BCUT2D eigenvalue weighted by Crippen LogP contribution is 2.40. The topological polar surface area (TPSA) is 93.8 Å². The molecule has 0 aromatic heterocycles. The molecule has 11 heteroatoms. The second-order valence-electron chi connectivity index (χ2n) is 12.4. The van der Waals surface area contributed by atoms with E-state index >= 15 is 0 Å². The summed E-state index contributed by atoms with van der Waals surface area (Å²) in [5.41, 5.74) is 2.25. The van der Waals surface area contributed by atoms with Gasteiger partial charge in [0.05, 0.1) is 16.5 Å². The predicted octanol–water partition coefficient (Wildman–Crippen LogP) is 4.26. The van der Waals surface area contributed by atoms with Crippen LogP contribution in [0.2, 0.25) is 0 Å². The first kappa shape index (κ1) is 34.1. The lowest BCUT2D eigenvalue weighted by molar-refractivity contribution is -0.141. The smallest absolute Gasteiger partial charge is 0.245 e. The molecule has 0 bridgehead atoms. The Morgan fingerprint density at radius 2 is 1.83 bits per heavy atom. The van der Waals surface area contributed by atoms with Gasteiger partial charge >= 0.3 is 0 Å². The number of allylic oxidation sites excluding steroid dienone is 3. The Hall–Kier alpha value is -3.24. The highest BCUT2D eigenvalue weighted by molar-refractivity contribution is 6.40. The fraction of sp³-hybridized carbons (Fsp3) is 0.457. The van der Waals surface area contributed by atoms with E-state index in [0.29, 0.717) is 62.1 Å². The van der Waals surface area contributed by atoms with Crippen LogP contribution in [0.25, 0.3) is 0 Å². The van der Waals surface area contributed by atoms with Crippen LogP contribution in [-0.4, -0.2) is 78.9 Å². The van der Waals surface area contributed by atoms with E-state index in [1.54, 1.807) is 25.3 Å². The van der Waals surface area contributed by atoms with Crippen LogP contribution < -0.4 is 16.0 Å². The summed E-state index contributed by atoms with van der Waals surface area (Å²) in [4.78, 5) is 44.9. The van der Waals surface area contributed by atoms with E-state index in [1.807, 2.05) is 42.2 Å². The van der Waals surface area contributed by atoms with Gasteiger partial charge in [0.25, 0.3) is 0 Å². The lowest BCUT2D eigenvalue weighted by Crippen LogP contribution is -2.61. The molecule has 2 aromatic carbocycles. The van der Waals surface area contributed by atoms with Crippen LogP contribution in [0.1, 0.15) is 42.9 Å². The second kappa shape index (κ2) is 15.1. The number of amides is 3. The third kappa shape index (κ3) is 7.82. The van der Waals surface area contributed by atoms with Crippen molar-refractivity contribution in [1.82, 2.24) is 25.8 Å². The number of benzene rings is 2. The third-order valence-electron chi connectivity index (χ3n) is 9.52. The van der Waals surface area contributed by atoms with Crippen molar-refractivity contribution in [3.63, 3.8) is 0 Å². The molecule has 3 amide bonds. The molecule has 2 heterocycles. The molecular formula is C35H42Cl2FN5O3. The number of nitrogens with zero attached hydrogens (tertiary/aromatic N) is 2. The Balaban J connectivity index is 1.27. The molecule has 2 aliphatic heterocycles. The average Bonchev–Trinajstić information content (AvgIpc) is 3.08. The van der Waals surface area contributed by atoms with E-state index in [0.717, 1.165) is 17.5 Å². The van der Waals surface area contributed by atoms with Crippen LogP contribution in [0, 0.1) is 11.2 Å². The van der Waals surface area contributed by atoms with Crippen LogP contribution in [0.4, 0.5) is 4.39 Å². The zero-order valence-electron chi connectivity index (χ0n) is 26.3. The largest absolute Gasteiger partial charge is 0.358 e. The van der Waals surface area contributed by atoms with Gasteiger partial charge in [-0.25, -0.2) is 4.39 Å². The van der Waals surface area contributed by atoms with Crippen LogP contribution in [-0.2, 0) is 33.8 Å². The van der Waals surface area contributed by atoms with E-state index in [4.69, 9.17) is 23.2 Å². The molecule has 4 unspecified atom stereocenters. The van der Waals surface area contributed by atoms with Crippen molar-refractivity contribution in [3.8, 4) is 0 Å². The fourth-order valence-electron chi connectivity index (χ4n) is 6.72. The van der Waals surface area contributed by atoms with Crippen LogP contribution in [0.3, 0.4) is 0 Å². The number of halogens is 3. The Morgan fingerprint density at radius 3 is 2.52 bits per heavy atom. The summed E-state index contributed by atoms with van der Waals surface area (Å²) >= 11 is 12.6. The maximum absolute atomic E-state index is 14.2. The lowest BCUT2D eigenvalue weighted by atomic mass is 9.77. The predicted molar refractivity (Wildman–Crippen MR) is 179 cm³/mol. The van der Waals surface area contributed by atoms with E-state index < -0.39 is 17.5 Å². The molecule has 4 atom stereocenters. The maximum atomic E-state index is 14.2. The number of carbonyl (C=O) groups is 3. The molecule has 0 saturated carbocycles. The molecule has 0 radical (unpaired) electrons. The number of hydrogen-bond donors (Lipinski definition) is 3. The van der Waals surface area contributed by atoms with Gasteiger partial charge in [0.1, 0.15) is 11.9 Å². The summed E-state index contributed by atoms with van der Waals surface area (Å²) in [5, 5.41) is 10.1. The van der Waals surface area contributed by atoms with Gasteiger partial charge in [-0.05, 0) is 60.7 Å². The fourth-order valence-corrected chi connectivity index (χ4v) is 7.15. The first-order chi connectivity index (χ1) is 22.1. The van der Waals surface area contributed by atoms with Gasteiger partial charge in [-0.1, -0.05) is 72.6 Å². The molecule has 46 heavy (non-hydrogen) atoms. The van der Waals surface area contributed by atoms with E-state index in [9.17, 15) is 18.8 Å². The Labute approximate surface area is 280 Å². The third-order valence-corrected chi connectivity index (χ3v) is 10.3. The average molecular weight is 671 g/mol. The minimum Gasteiger partial charge on any atom is -0.358 e. The molecular weight excluding hydrogens is 628 g/mol. The van der Waals surface area contributed by atoms with Crippen molar-refractivity contribution in [3.05, 3.63) is 93.3 Å². The Morgan fingerprint density at radius 1 is 1.09 bits per heavy atom. The zero-order chi connectivity index (χ0) is 32.8. The number of hydrogen-bond acceptors (Lipinski definition) is 5. The number of fused-ring (bicyclic) bond motifs is 1. The van der Waals surface area contributed by atoms with Gasteiger partial charge in [0.2, 0.25) is 17.7 Å². The van der Waals surface area contributed by atoms with Gasteiger partial charge in [0, 0.05) is 57.1 Å². The molecule has 2 aromatic rings. The highest BCUT2D eigenvalue weighted by Gasteiger charge is 2.40. The van der Waals surface area contributed by atoms with E-state index in [-0.39, 0.29) is 36.0 Å². The van der Waals surface area contributed by atoms with E-state index in [2.05, 4.69) is 20.9 Å². The molecule has 0 spiro atoms. The maximum Gasteiger partial charge on any atom is 0.245 e. The normalized spacial score (nSPS) is 23.9. The Kier molecular flexibility index (Phi) is 11.2. The van der Waals surface area contributed by atoms with Gasteiger partial charge in [-0.2, -0.15) is 0 Å². The zero-order valence-corrected chi connectivity index (χ0v) is 27.8. The lowest BCUT2D eigenvalue weighted by Gasteiger charge is -2.43. The monoisotopic (exact) mass is 669 g/mol. The highest BCUT2D eigenvalue weighted by atomic mass is 35.5. The Bertz CT molecular complexity index is 1500. The molecule has 1 saturated heterocycles. The number of carbonyl (C=O) groups excluding carboxylic acids is 3. The van der Waals surface area contributed by atoms with Gasteiger partial charge in [0.15, 0.2) is 0 Å². The summed E-state index contributed by atoms with van der Waals surface area (Å²) in [7, 11) is 1.62. The molecule has 1 fully saturated rings. The standard InChI is InChI=1S/C35H42Cl2FN5O3/c1-3-27-22-42(15-14-35(34(46)39-2)13-12-28(36)29(37)20-35)16-17-43(27)33(45)31(18-23-8-10-26(38)11-9-23)41-32(44)30-19-24-6-4-5-7-25(24)21-40-30/h4-13,27,30-31,40H,3,14-22H2,1-2H3,(H,39,46)(H,41,44). The van der Waals surface area contributed by atoms with Crippen LogP contribution >= 0.6 is 23.2 Å². The number of nitrogens with one attached hydrogen (secondary N) is 3. The minimum absolute atomic E-state index is 0.0793. The SMILES string of the molecule is CCC1CN(CCC2(C(=O)NC)C=CC(Cl)=C(Cl)C2)CCN1C(=O)C(Cc1ccc(F)cc1)NC(=O)C1Cc2ccccc2CN1. The molecule has 5 rings (SSSR count). The van der Waals surface area contributed by atoms with E-state index in [1.165, 1.54) is 17.7 Å². The van der Waals surface area contributed by atoms with Gasteiger partial charge in [-0.3, -0.25) is 19.3 Å². The first-order valence-corrected chi connectivity index (χ1v) is 16.7. The summed E-state index contributed by atoms with van der Waals surface area (Å²) in [6.45, 7) is 5.02. The number of piperazine rings is 1. The van der Waals surface area contributed by atoms with Crippen molar-refractivity contribution in [2.45, 2.75) is 63.7 Å². The summed E-state index contributed by atoms with van der Waals surface area (Å²) in [6, 6.07) is 12.7. The van der Waals surface area contributed by atoms with Crippen molar-refractivity contribution >= 4 is 40.9 Å². The summed E-state index contributed by atoms with van der Waals surface area (Å²) < 4.78 is 13.7. The molecule has 8 nitrogen and oxygen atoms in total. The molecule has 3 aliphatic rings. The second-order valence-corrected chi connectivity index (χ2v) is 13.3. The number of rotatable bonds is 10. The molecule has 1 aliphatic carbocycles. The van der Waals surface area contributed by atoms with Crippen molar-refractivity contribution in [1.29, 1.82) is 0 Å². The van der Waals surface area contributed by atoms with Gasteiger partial charge in [-0.15, -0.1) is 0 Å². The molecule has 3 N–H and O–H groups in total. The van der Waals surface area contributed by atoms with Crippen LogP contribution in [0.15, 0.2) is 70.7 Å². The van der Waals surface area contributed by atoms with Crippen molar-refractivity contribution in [2.24, 2.45) is 5.41 Å². The van der Waals surface area contributed by atoms with Crippen molar-refractivity contribution < 1.29 is 18.8 Å². The first-order valence-electron chi connectivity index (χ1n) is 16.0. The summed E-state index contributed by atoms with van der Waals surface area (Å²) in [5.74, 6) is -0.841. The molecule has 246 valence electrons. The minimum atomic E-state index is -0.805. The van der Waals surface area contributed by atoms with Gasteiger partial charge < -0.3 is 20.9 Å².